The Bertz CT molecular complexity index is 1140. The van der Waals surface area contributed by atoms with Crippen molar-refractivity contribution >= 4 is 29.3 Å². The molecule has 9 heteroatoms. The van der Waals surface area contributed by atoms with Crippen LogP contribution in [0, 0.1) is 0 Å². The smallest absolute Gasteiger partial charge is 0.258 e. The molecule has 0 bridgehead atoms. The highest BCUT2D eigenvalue weighted by Gasteiger charge is 2.22. The number of nitrogens with one attached hydrogen (secondary N) is 2. The summed E-state index contributed by atoms with van der Waals surface area (Å²) in [5.41, 5.74) is 1.56. The van der Waals surface area contributed by atoms with Crippen LogP contribution in [-0.4, -0.2) is 51.2 Å². The van der Waals surface area contributed by atoms with Crippen molar-refractivity contribution in [3.05, 3.63) is 60.4 Å². The van der Waals surface area contributed by atoms with Gasteiger partial charge < -0.3 is 19.9 Å². The largest absolute Gasteiger partial charge is 0.484 e. The van der Waals surface area contributed by atoms with Crippen LogP contribution in [-0.2, 0) is 22.6 Å². The van der Waals surface area contributed by atoms with Crippen LogP contribution in [0.1, 0.15) is 31.5 Å². The first-order valence-electron chi connectivity index (χ1n) is 11.9. The molecule has 0 saturated heterocycles. The second-order valence-corrected chi connectivity index (χ2v) is 9.46. The van der Waals surface area contributed by atoms with Crippen LogP contribution >= 0.6 is 11.8 Å². The number of hydrogen-bond acceptors (Lipinski definition) is 6. The van der Waals surface area contributed by atoms with E-state index in [1.807, 2.05) is 48.7 Å². The summed E-state index contributed by atoms with van der Waals surface area (Å²) in [6.45, 7) is 0.753. The number of amides is 2. The Labute approximate surface area is 209 Å². The number of carbonyl (C=O) groups excluding carboxylic acids is 2. The van der Waals surface area contributed by atoms with E-state index in [2.05, 4.69) is 25.4 Å². The summed E-state index contributed by atoms with van der Waals surface area (Å²) in [6.07, 6.45) is 6.86. The third-order valence-corrected chi connectivity index (χ3v) is 6.52. The molecular weight excluding hydrogens is 462 g/mol. The van der Waals surface area contributed by atoms with Gasteiger partial charge in [-0.05, 0) is 55.5 Å². The summed E-state index contributed by atoms with van der Waals surface area (Å²) in [5.74, 6) is 2.59. The number of rotatable bonds is 10. The first-order chi connectivity index (χ1) is 17.1. The topological polar surface area (TPSA) is 98.1 Å². The van der Waals surface area contributed by atoms with Crippen LogP contribution in [0.3, 0.4) is 0 Å². The van der Waals surface area contributed by atoms with Crippen LogP contribution < -0.4 is 15.4 Å². The lowest BCUT2D eigenvalue weighted by molar-refractivity contribution is -0.127. The number of aryl methyl sites for hydroxylation is 1. The molecule has 1 aliphatic heterocycles. The number of nitrogens with zero attached hydrogens (tertiary/aromatic N) is 3. The van der Waals surface area contributed by atoms with Gasteiger partial charge in [-0.1, -0.05) is 36.8 Å². The van der Waals surface area contributed by atoms with Crippen molar-refractivity contribution in [1.29, 1.82) is 0 Å². The fourth-order valence-corrected chi connectivity index (χ4v) is 4.54. The lowest BCUT2D eigenvalue weighted by Crippen LogP contribution is -2.45. The molecule has 0 spiro atoms. The third kappa shape index (κ3) is 6.85. The van der Waals surface area contributed by atoms with Gasteiger partial charge in [0, 0.05) is 24.2 Å². The number of fused-ring (bicyclic) bond motifs is 1. The second kappa shape index (κ2) is 12.4. The van der Waals surface area contributed by atoms with E-state index in [0.717, 1.165) is 48.8 Å². The van der Waals surface area contributed by atoms with Gasteiger partial charge in [-0.2, -0.15) is 11.8 Å². The Morgan fingerprint density at radius 1 is 1.09 bits per heavy atom. The van der Waals surface area contributed by atoms with Gasteiger partial charge in [0.25, 0.3) is 5.91 Å². The van der Waals surface area contributed by atoms with Crippen molar-refractivity contribution in [3.8, 4) is 17.1 Å². The normalized spacial score (nSPS) is 13.9. The van der Waals surface area contributed by atoms with Gasteiger partial charge in [0.2, 0.25) is 5.91 Å². The standard InChI is InChI=1S/C26H31N5O3S/c1-35-16-14-22(28-24(32)18-34-21-11-4-2-5-12-21)26(33)27-20-10-8-9-19(17-20)25-30-29-23-13-6-3-7-15-31(23)25/h2,4-5,8-12,17,22H,3,6-7,13-16,18H2,1H3,(H,27,33)(H,28,32). The first kappa shape index (κ1) is 24.8. The van der Waals surface area contributed by atoms with E-state index in [0.29, 0.717) is 17.9 Å². The van der Waals surface area contributed by atoms with Gasteiger partial charge in [0.05, 0.1) is 0 Å². The molecule has 0 radical (unpaired) electrons. The molecule has 2 aromatic carbocycles. The molecule has 8 nitrogen and oxygen atoms in total. The van der Waals surface area contributed by atoms with Crippen LogP contribution in [0.4, 0.5) is 5.69 Å². The van der Waals surface area contributed by atoms with E-state index in [4.69, 9.17) is 4.74 Å². The second-order valence-electron chi connectivity index (χ2n) is 8.48. The Morgan fingerprint density at radius 2 is 1.94 bits per heavy atom. The van der Waals surface area contributed by atoms with E-state index in [1.165, 1.54) is 6.42 Å². The molecule has 0 saturated carbocycles. The summed E-state index contributed by atoms with van der Waals surface area (Å²) in [5, 5.41) is 14.6. The quantitative estimate of drug-likeness (QED) is 0.444. The number of para-hydroxylation sites is 1. The molecule has 4 rings (SSSR count). The lowest BCUT2D eigenvalue weighted by atomic mass is 10.1. The number of anilines is 1. The summed E-state index contributed by atoms with van der Waals surface area (Å²) in [7, 11) is 0. The zero-order valence-electron chi connectivity index (χ0n) is 19.9. The minimum atomic E-state index is -0.664. The van der Waals surface area contributed by atoms with Gasteiger partial charge in [-0.3, -0.25) is 9.59 Å². The summed E-state index contributed by atoms with van der Waals surface area (Å²) in [6, 6.07) is 16.1. The van der Waals surface area contributed by atoms with E-state index in [-0.39, 0.29) is 18.4 Å². The Balaban J connectivity index is 1.41. The molecule has 1 aromatic heterocycles. The highest BCUT2D eigenvalue weighted by atomic mass is 32.2. The minimum Gasteiger partial charge on any atom is -0.484 e. The molecule has 2 heterocycles. The highest BCUT2D eigenvalue weighted by Crippen LogP contribution is 2.25. The molecule has 35 heavy (non-hydrogen) atoms. The maximum absolute atomic E-state index is 13.1. The average molecular weight is 494 g/mol. The number of benzene rings is 2. The molecule has 2 amide bonds. The maximum Gasteiger partial charge on any atom is 0.258 e. The van der Waals surface area contributed by atoms with Crippen LogP contribution in [0.15, 0.2) is 54.6 Å². The number of carbonyl (C=O) groups is 2. The predicted molar refractivity (Wildman–Crippen MR) is 139 cm³/mol. The molecular formula is C26H31N5O3S. The van der Waals surface area contributed by atoms with E-state index < -0.39 is 6.04 Å². The van der Waals surface area contributed by atoms with Crippen molar-refractivity contribution in [3.63, 3.8) is 0 Å². The van der Waals surface area contributed by atoms with Crippen molar-refractivity contribution in [1.82, 2.24) is 20.1 Å². The average Bonchev–Trinajstić information content (AvgIpc) is 3.14. The van der Waals surface area contributed by atoms with E-state index >= 15 is 0 Å². The predicted octanol–water partition coefficient (Wildman–Crippen LogP) is 3.93. The first-order valence-corrected chi connectivity index (χ1v) is 13.3. The maximum atomic E-state index is 13.1. The summed E-state index contributed by atoms with van der Waals surface area (Å²) >= 11 is 1.63. The molecule has 184 valence electrons. The Hall–Kier alpha value is -3.33. The van der Waals surface area contributed by atoms with Crippen molar-refractivity contribution in [2.45, 2.75) is 44.7 Å². The van der Waals surface area contributed by atoms with Crippen molar-refractivity contribution < 1.29 is 14.3 Å². The van der Waals surface area contributed by atoms with Gasteiger partial charge >= 0.3 is 0 Å². The van der Waals surface area contributed by atoms with Crippen molar-refractivity contribution in [2.24, 2.45) is 0 Å². The molecule has 1 atom stereocenters. The van der Waals surface area contributed by atoms with Crippen LogP contribution in [0.5, 0.6) is 5.75 Å². The molecule has 0 fully saturated rings. The molecule has 1 unspecified atom stereocenters. The molecule has 1 aliphatic rings. The van der Waals surface area contributed by atoms with Gasteiger partial charge in [-0.25, -0.2) is 0 Å². The molecule has 0 aliphatic carbocycles. The number of aromatic nitrogens is 3. The number of thioether (sulfide) groups is 1. The van der Waals surface area contributed by atoms with Gasteiger partial charge in [0.15, 0.2) is 12.4 Å². The zero-order chi connectivity index (χ0) is 24.5. The Morgan fingerprint density at radius 3 is 2.77 bits per heavy atom. The fraction of sp³-hybridized carbons (Fsp3) is 0.385. The van der Waals surface area contributed by atoms with Crippen molar-refractivity contribution in [2.75, 3.05) is 23.9 Å². The lowest BCUT2D eigenvalue weighted by Gasteiger charge is -2.19. The van der Waals surface area contributed by atoms with E-state index in [1.54, 1.807) is 23.9 Å². The Kier molecular flexibility index (Phi) is 8.78. The number of ether oxygens (including phenoxy) is 1. The van der Waals surface area contributed by atoms with Crippen LogP contribution in [0.25, 0.3) is 11.4 Å². The van der Waals surface area contributed by atoms with E-state index in [9.17, 15) is 9.59 Å². The summed E-state index contributed by atoms with van der Waals surface area (Å²) < 4.78 is 7.70. The van der Waals surface area contributed by atoms with Crippen LogP contribution in [0.2, 0.25) is 0 Å². The van der Waals surface area contributed by atoms with Gasteiger partial charge in [-0.15, -0.1) is 10.2 Å². The summed E-state index contributed by atoms with van der Waals surface area (Å²) in [4.78, 5) is 25.6. The zero-order valence-corrected chi connectivity index (χ0v) is 20.7. The molecule has 3 aromatic rings. The number of hydrogen-bond donors (Lipinski definition) is 2. The molecule has 2 N–H and O–H groups in total. The highest BCUT2D eigenvalue weighted by molar-refractivity contribution is 7.98. The third-order valence-electron chi connectivity index (χ3n) is 5.87. The minimum absolute atomic E-state index is 0.152. The fourth-order valence-electron chi connectivity index (χ4n) is 4.07. The monoisotopic (exact) mass is 493 g/mol. The SMILES string of the molecule is CSCCC(NC(=O)COc1ccccc1)C(=O)Nc1cccc(-c2nnc3n2CCCCC3)c1. The van der Waals surface area contributed by atoms with Gasteiger partial charge in [0.1, 0.15) is 17.6 Å².